The molecule has 0 fully saturated rings. The summed E-state index contributed by atoms with van der Waals surface area (Å²) in [6, 6.07) is 7.05. The first-order valence-electron chi connectivity index (χ1n) is 6.65. The molecule has 2 aromatic rings. The van der Waals surface area contributed by atoms with Gasteiger partial charge in [0.05, 0.1) is 18.3 Å². The van der Waals surface area contributed by atoms with E-state index in [1.165, 1.54) is 36.4 Å². The van der Waals surface area contributed by atoms with Crippen LogP contribution in [0.3, 0.4) is 0 Å². The molecule has 0 saturated carbocycles. The predicted molar refractivity (Wildman–Crippen MR) is 76.0 cm³/mol. The van der Waals surface area contributed by atoms with Crippen molar-refractivity contribution >= 4 is 5.69 Å². The molecule has 0 aliphatic carbocycles. The van der Waals surface area contributed by atoms with Gasteiger partial charge < -0.3 is 10.1 Å². The summed E-state index contributed by atoms with van der Waals surface area (Å²) < 4.78 is 46.0. The van der Waals surface area contributed by atoms with Crippen molar-refractivity contribution < 1.29 is 17.9 Å². The lowest BCUT2D eigenvalue weighted by molar-refractivity contribution is 0.339. The Morgan fingerprint density at radius 3 is 2.38 bits per heavy atom. The molecule has 5 heteroatoms. The molecular weight excluding hydrogens is 279 g/mol. The zero-order valence-corrected chi connectivity index (χ0v) is 11.8. The van der Waals surface area contributed by atoms with Gasteiger partial charge in [-0.15, -0.1) is 0 Å². The minimum Gasteiger partial charge on any atom is -0.492 e. The molecule has 1 unspecified atom stereocenters. The van der Waals surface area contributed by atoms with Gasteiger partial charge in [0.1, 0.15) is 23.2 Å². The molecule has 0 aliphatic heterocycles. The Morgan fingerprint density at radius 2 is 1.76 bits per heavy atom. The molecular formula is C16H16F3NO. The molecule has 0 heterocycles. The van der Waals surface area contributed by atoms with E-state index in [0.717, 1.165) is 0 Å². The summed E-state index contributed by atoms with van der Waals surface area (Å²) in [6.07, 6.45) is 0. The number of hydrogen-bond donors (Lipinski definition) is 1. The van der Waals surface area contributed by atoms with Gasteiger partial charge >= 0.3 is 0 Å². The lowest BCUT2D eigenvalue weighted by atomic mass is 10.1. The number of benzene rings is 2. The molecule has 1 N–H and O–H groups in total. The number of ether oxygens (including phenoxy) is 1. The first-order chi connectivity index (χ1) is 10.0. The molecule has 2 nitrogen and oxygen atoms in total. The number of anilines is 1. The Kier molecular flexibility index (Phi) is 4.73. The van der Waals surface area contributed by atoms with Gasteiger partial charge in [-0.25, -0.2) is 13.2 Å². The highest BCUT2D eigenvalue weighted by Gasteiger charge is 2.17. The van der Waals surface area contributed by atoms with Crippen LogP contribution >= 0.6 is 0 Å². The fraction of sp³-hybridized carbons (Fsp3) is 0.250. The van der Waals surface area contributed by atoms with E-state index < -0.39 is 23.5 Å². The average Bonchev–Trinajstić information content (AvgIpc) is 2.42. The molecule has 0 aromatic heterocycles. The zero-order chi connectivity index (χ0) is 15.4. The van der Waals surface area contributed by atoms with Crippen molar-refractivity contribution in [1.29, 1.82) is 0 Å². The molecule has 21 heavy (non-hydrogen) atoms. The molecule has 1 atom stereocenters. The quantitative estimate of drug-likeness (QED) is 0.865. The molecule has 0 radical (unpaired) electrons. The highest BCUT2D eigenvalue weighted by molar-refractivity contribution is 5.57. The van der Waals surface area contributed by atoms with Crippen LogP contribution in [0, 0.1) is 17.5 Å². The highest BCUT2D eigenvalue weighted by Crippen LogP contribution is 2.30. The van der Waals surface area contributed by atoms with Crippen LogP contribution < -0.4 is 10.1 Å². The third-order valence-electron chi connectivity index (χ3n) is 3.05. The van der Waals surface area contributed by atoms with Crippen molar-refractivity contribution in [3.05, 3.63) is 59.4 Å². The Morgan fingerprint density at radius 1 is 1.10 bits per heavy atom. The Labute approximate surface area is 121 Å². The van der Waals surface area contributed by atoms with Gasteiger partial charge in [0.15, 0.2) is 0 Å². The van der Waals surface area contributed by atoms with Crippen molar-refractivity contribution in [2.75, 3.05) is 11.9 Å². The predicted octanol–water partition coefficient (Wildman–Crippen LogP) is 4.68. The lowest BCUT2D eigenvalue weighted by Crippen LogP contribution is -2.12. The van der Waals surface area contributed by atoms with Crippen LogP contribution in [0.25, 0.3) is 0 Å². The zero-order valence-electron chi connectivity index (χ0n) is 11.8. The second-order valence-corrected chi connectivity index (χ2v) is 4.57. The average molecular weight is 295 g/mol. The van der Waals surface area contributed by atoms with Crippen molar-refractivity contribution in [1.82, 2.24) is 0 Å². The van der Waals surface area contributed by atoms with Crippen LogP contribution in [0.2, 0.25) is 0 Å². The van der Waals surface area contributed by atoms with Gasteiger partial charge in [0.25, 0.3) is 0 Å². The lowest BCUT2D eigenvalue weighted by Gasteiger charge is -2.19. The van der Waals surface area contributed by atoms with E-state index in [0.29, 0.717) is 18.0 Å². The van der Waals surface area contributed by atoms with Crippen LogP contribution in [-0.4, -0.2) is 6.61 Å². The van der Waals surface area contributed by atoms with Crippen molar-refractivity contribution in [3.63, 3.8) is 0 Å². The summed E-state index contributed by atoms with van der Waals surface area (Å²) in [5, 5.41) is 2.95. The maximum absolute atomic E-state index is 13.7. The maximum Gasteiger partial charge on any atom is 0.145 e. The molecule has 2 rings (SSSR count). The monoisotopic (exact) mass is 295 g/mol. The van der Waals surface area contributed by atoms with E-state index in [4.69, 9.17) is 4.74 Å². The number of hydrogen-bond acceptors (Lipinski definition) is 2. The molecule has 0 amide bonds. The second kappa shape index (κ2) is 6.52. The van der Waals surface area contributed by atoms with E-state index >= 15 is 0 Å². The van der Waals surface area contributed by atoms with Gasteiger partial charge in [-0.1, -0.05) is 6.07 Å². The van der Waals surface area contributed by atoms with Crippen LogP contribution in [0.15, 0.2) is 36.4 Å². The van der Waals surface area contributed by atoms with Crippen molar-refractivity contribution in [2.24, 2.45) is 0 Å². The number of nitrogens with one attached hydrogen (secondary N) is 1. The van der Waals surface area contributed by atoms with E-state index in [9.17, 15) is 13.2 Å². The van der Waals surface area contributed by atoms with Gasteiger partial charge in [-0.2, -0.15) is 0 Å². The smallest absolute Gasteiger partial charge is 0.145 e. The van der Waals surface area contributed by atoms with Crippen molar-refractivity contribution in [3.8, 4) is 5.75 Å². The largest absolute Gasteiger partial charge is 0.492 e. The van der Waals surface area contributed by atoms with Crippen LogP contribution in [0.1, 0.15) is 25.5 Å². The Hall–Kier alpha value is -2.17. The maximum atomic E-state index is 13.7. The van der Waals surface area contributed by atoms with E-state index in [-0.39, 0.29) is 5.56 Å². The third-order valence-corrected chi connectivity index (χ3v) is 3.05. The third kappa shape index (κ3) is 3.48. The van der Waals surface area contributed by atoms with E-state index in [2.05, 4.69) is 5.32 Å². The summed E-state index contributed by atoms with van der Waals surface area (Å²) in [4.78, 5) is 0. The Bertz CT molecular complexity index is 611. The fourth-order valence-electron chi connectivity index (χ4n) is 2.12. The highest BCUT2D eigenvalue weighted by atomic mass is 19.1. The standard InChI is InChI=1S/C16H16F3NO/c1-3-21-15-9-11(17)7-8-14(15)20-10(2)16-12(18)5-4-6-13(16)19/h4-10,20H,3H2,1-2H3. The molecule has 0 saturated heterocycles. The van der Waals surface area contributed by atoms with Crippen LogP contribution in [0.4, 0.5) is 18.9 Å². The molecule has 112 valence electrons. The minimum atomic E-state index is -0.630. The summed E-state index contributed by atoms with van der Waals surface area (Å²) in [5.74, 6) is -1.39. The molecule has 0 aliphatic rings. The molecule has 2 aromatic carbocycles. The van der Waals surface area contributed by atoms with Crippen LogP contribution in [-0.2, 0) is 0 Å². The SMILES string of the molecule is CCOc1cc(F)ccc1NC(C)c1c(F)cccc1F. The topological polar surface area (TPSA) is 21.3 Å². The molecule has 0 bridgehead atoms. The normalized spacial score (nSPS) is 12.0. The van der Waals surface area contributed by atoms with E-state index in [1.54, 1.807) is 13.8 Å². The Balaban J connectivity index is 2.29. The first kappa shape index (κ1) is 15.2. The fourth-order valence-corrected chi connectivity index (χ4v) is 2.12. The summed E-state index contributed by atoms with van der Waals surface area (Å²) in [5.41, 5.74) is 0.415. The van der Waals surface area contributed by atoms with Gasteiger partial charge in [-0.05, 0) is 38.1 Å². The van der Waals surface area contributed by atoms with Gasteiger partial charge in [0.2, 0.25) is 0 Å². The summed E-state index contributed by atoms with van der Waals surface area (Å²) in [7, 11) is 0. The van der Waals surface area contributed by atoms with Gasteiger partial charge in [0, 0.05) is 11.6 Å². The summed E-state index contributed by atoms with van der Waals surface area (Å²) >= 11 is 0. The molecule has 0 spiro atoms. The second-order valence-electron chi connectivity index (χ2n) is 4.57. The van der Waals surface area contributed by atoms with Gasteiger partial charge in [-0.3, -0.25) is 0 Å². The minimum absolute atomic E-state index is 0.0655. The summed E-state index contributed by atoms with van der Waals surface area (Å²) in [6.45, 7) is 3.76. The van der Waals surface area contributed by atoms with Crippen molar-refractivity contribution in [2.45, 2.75) is 19.9 Å². The number of rotatable bonds is 5. The van der Waals surface area contributed by atoms with Crippen LogP contribution in [0.5, 0.6) is 5.75 Å². The number of halogens is 3. The first-order valence-corrected chi connectivity index (χ1v) is 6.65. The van der Waals surface area contributed by atoms with E-state index in [1.807, 2.05) is 0 Å².